The van der Waals surface area contributed by atoms with Gasteiger partial charge in [-0.15, -0.1) is 0 Å². The maximum atomic E-state index is 12.1. The first kappa shape index (κ1) is 19.4. The molecule has 0 radical (unpaired) electrons. The molecule has 0 amide bonds. The average Bonchev–Trinajstić information content (AvgIpc) is 2.62. The molecule has 27 heavy (non-hydrogen) atoms. The number of aromatic nitrogens is 4. The minimum absolute atomic E-state index is 0.0947. The highest BCUT2D eigenvalue weighted by Gasteiger charge is 2.27. The van der Waals surface area contributed by atoms with Gasteiger partial charge in [-0.05, 0) is 24.6 Å². The second-order valence-corrected chi connectivity index (χ2v) is 6.57. The van der Waals surface area contributed by atoms with E-state index < -0.39 is 36.2 Å². The lowest BCUT2D eigenvalue weighted by atomic mass is 10.1. The van der Waals surface area contributed by atoms with Crippen molar-refractivity contribution in [2.24, 2.45) is 0 Å². The highest BCUT2D eigenvalue weighted by Crippen LogP contribution is 2.26. The maximum Gasteiger partial charge on any atom is 0.349 e. The van der Waals surface area contributed by atoms with Gasteiger partial charge in [-0.3, -0.25) is 9.78 Å². The van der Waals surface area contributed by atoms with Gasteiger partial charge in [-0.1, -0.05) is 11.6 Å². The topological polar surface area (TPSA) is 162 Å². The first-order valence-electron chi connectivity index (χ1n) is 7.98. The molecule has 0 aliphatic carbocycles. The van der Waals surface area contributed by atoms with Gasteiger partial charge in [0.25, 0.3) is 5.56 Å². The van der Waals surface area contributed by atoms with E-state index in [1.807, 2.05) is 4.98 Å². The van der Waals surface area contributed by atoms with Crippen molar-refractivity contribution in [1.29, 1.82) is 0 Å². The van der Waals surface area contributed by atoms with E-state index in [1.54, 1.807) is 13.0 Å². The number of H-pyrrole nitrogens is 1. The molecule has 10 nitrogen and oxygen atoms in total. The number of benzene rings is 1. The number of fused-ring (bicyclic) bond motifs is 2. The van der Waals surface area contributed by atoms with Crippen LogP contribution in [0.4, 0.5) is 0 Å². The van der Waals surface area contributed by atoms with Crippen LogP contribution in [0, 0.1) is 6.92 Å². The Labute approximate surface area is 156 Å². The van der Waals surface area contributed by atoms with Gasteiger partial charge >= 0.3 is 5.69 Å². The average molecular weight is 397 g/mol. The van der Waals surface area contributed by atoms with Crippen molar-refractivity contribution >= 4 is 22.6 Å². The molecule has 0 fully saturated rings. The summed E-state index contributed by atoms with van der Waals surface area (Å²) in [4.78, 5) is 33.8. The maximum absolute atomic E-state index is 12.1. The Morgan fingerprint density at radius 2 is 1.89 bits per heavy atom. The standard InChI is InChI=1S/C16H17ClN4O6/c1-6-2-9-8(3-7(6)17)18-12-14(19-16(27)20-15(12)26)21(9)4-10(23)13(25)11(24)5-22/h2-3,10-11,13,22-25H,4-5H2,1H3,(H,20,26,27). The molecule has 3 unspecified atom stereocenters. The van der Waals surface area contributed by atoms with E-state index in [-0.39, 0.29) is 18.1 Å². The molecular weight excluding hydrogens is 380 g/mol. The molecule has 2 aliphatic rings. The van der Waals surface area contributed by atoms with E-state index in [9.17, 15) is 24.9 Å². The number of aromatic amines is 1. The smallest absolute Gasteiger partial charge is 0.349 e. The highest BCUT2D eigenvalue weighted by molar-refractivity contribution is 6.32. The molecule has 11 heteroatoms. The van der Waals surface area contributed by atoms with E-state index in [0.717, 1.165) is 0 Å². The van der Waals surface area contributed by atoms with Crippen molar-refractivity contribution in [2.45, 2.75) is 31.8 Å². The van der Waals surface area contributed by atoms with Crippen LogP contribution in [0.5, 0.6) is 0 Å². The summed E-state index contributed by atoms with van der Waals surface area (Å²) in [6.07, 6.45) is -4.76. The third-order valence-corrected chi connectivity index (χ3v) is 4.64. The number of hydrogen-bond acceptors (Lipinski definition) is 8. The van der Waals surface area contributed by atoms with Crippen LogP contribution in [0.3, 0.4) is 0 Å². The van der Waals surface area contributed by atoms with E-state index >= 15 is 0 Å². The van der Waals surface area contributed by atoms with Gasteiger partial charge in [0.05, 0.1) is 24.2 Å². The molecule has 5 N–H and O–H groups in total. The molecular formula is C16H17ClN4O6. The lowest BCUT2D eigenvalue weighted by molar-refractivity contribution is -0.0802. The van der Waals surface area contributed by atoms with Crippen molar-refractivity contribution in [1.82, 2.24) is 19.5 Å². The predicted molar refractivity (Wildman–Crippen MR) is 95.9 cm³/mol. The molecule has 2 aliphatic heterocycles. The number of rotatable bonds is 5. The first-order chi connectivity index (χ1) is 12.7. The van der Waals surface area contributed by atoms with Crippen molar-refractivity contribution in [2.75, 3.05) is 6.61 Å². The van der Waals surface area contributed by atoms with Gasteiger partial charge in [-0.25, -0.2) is 9.78 Å². The summed E-state index contributed by atoms with van der Waals surface area (Å²) in [5, 5.41) is 39.1. The van der Waals surface area contributed by atoms with Crippen molar-refractivity contribution < 1.29 is 20.4 Å². The molecule has 2 heterocycles. The molecule has 0 bridgehead atoms. The Morgan fingerprint density at radius 1 is 1.19 bits per heavy atom. The Bertz CT molecular complexity index is 1080. The van der Waals surface area contributed by atoms with Crippen molar-refractivity contribution in [3.8, 4) is 11.5 Å². The first-order valence-corrected chi connectivity index (χ1v) is 8.36. The predicted octanol–water partition coefficient (Wildman–Crippen LogP) is -1.38. The highest BCUT2D eigenvalue weighted by atomic mass is 35.5. The molecule has 0 spiro atoms. The van der Waals surface area contributed by atoms with Gasteiger partial charge in [0.1, 0.15) is 18.3 Å². The third-order valence-electron chi connectivity index (χ3n) is 4.23. The molecule has 0 saturated heterocycles. The Morgan fingerprint density at radius 3 is 2.56 bits per heavy atom. The van der Waals surface area contributed by atoms with Gasteiger partial charge in [-0.2, -0.15) is 4.98 Å². The van der Waals surface area contributed by atoms with Crippen LogP contribution in [0.15, 0.2) is 21.7 Å². The second-order valence-electron chi connectivity index (χ2n) is 6.16. The SMILES string of the molecule is Cc1cc2c(cc1Cl)nc1c(=O)[nH]c(=O)nc-1n2CC(O)C(O)C(O)CO. The molecule has 0 aromatic heterocycles. The van der Waals surface area contributed by atoms with Crippen LogP contribution in [0.2, 0.25) is 5.02 Å². The number of nitrogens with one attached hydrogen (secondary N) is 1. The zero-order valence-electron chi connectivity index (χ0n) is 14.1. The Kier molecular flexibility index (Phi) is 5.27. The van der Waals surface area contributed by atoms with Crippen molar-refractivity contribution in [3.05, 3.63) is 43.6 Å². The van der Waals surface area contributed by atoms with Crippen LogP contribution in [0.1, 0.15) is 5.56 Å². The summed E-state index contributed by atoms with van der Waals surface area (Å²) >= 11 is 6.12. The van der Waals surface area contributed by atoms with E-state index in [4.69, 9.17) is 16.7 Å². The fourth-order valence-corrected chi connectivity index (χ4v) is 2.92. The van der Waals surface area contributed by atoms with E-state index in [1.165, 1.54) is 10.6 Å². The number of halogens is 1. The van der Waals surface area contributed by atoms with Gasteiger partial charge in [0.2, 0.25) is 0 Å². The summed E-state index contributed by atoms with van der Waals surface area (Å²) in [6, 6.07) is 3.16. The molecule has 1 aromatic rings. The van der Waals surface area contributed by atoms with Crippen LogP contribution in [-0.4, -0.2) is 64.9 Å². The lowest BCUT2D eigenvalue weighted by Gasteiger charge is -2.25. The number of aliphatic hydroxyl groups excluding tert-OH is 4. The largest absolute Gasteiger partial charge is 0.394 e. The fraction of sp³-hybridized carbons (Fsp3) is 0.375. The van der Waals surface area contributed by atoms with Crippen LogP contribution in [-0.2, 0) is 6.54 Å². The monoisotopic (exact) mass is 396 g/mol. The summed E-state index contributed by atoms with van der Waals surface area (Å²) in [6.45, 7) is 0.657. The van der Waals surface area contributed by atoms with Crippen molar-refractivity contribution in [3.63, 3.8) is 0 Å². The summed E-state index contributed by atoms with van der Waals surface area (Å²) < 4.78 is 1.34. The quantitative estimate of drug-likeness (QED) is 0.330. The lowest BCUT2D eigenvalue weighted by Crippen LogP contribution is -2.42. The molecule has 144 valence electrons. The molecule has 1 aromatic carbocycles. The van der Waals surface area contributed by atoms with Crippen LogP contribution < -0.4 is 11.2 Å². The van der Waals surface area contributed by atoms with Gasteiger partial charge in [0.15, 0.2) is 11.5 Å². The summed E-state index contributed by atoms with van der Waals surface area (Å²) in [5.41, 5.74) is -0.399. The zero-order valence-corrected chi connectivity index (χ0v) is 14.9. The number of aliphatic hydroxyl groups is 4. The Balaban J connectivity index is 2.28. The number of hydrogen-bond donors (Lipinski definition) is 5. The zero-order chi connectivity index (χ0) is 19.9. The number of aryl methyl sites for hydroxylation is 1. The third kappa shape index (κ3) is 3.57. The van der Waals surface area contributed by atoms with Gasteiger partial charge < -0.3 is 25.0 Å². The summed E-state index contributed by atoms with van der Waals surface area (Å²) in [7, 11) is 0. The molecule has 3 atom stereocenters. The fourth-order valence-electron chi connectivity index (χ4n) is 2.76. The minimum Gasteiger partial charge on any atom is -0.394 e. The van der Waals surface area contributed by atoms with Crippen LogP contribution in [0.25, 0.3) is 22.6 Å². The normalized spacial score (nSPS) is 15.2. The van der Waals surface area contributed by atoms with E-state index in [2.05, 4.69) is 9.97 Å². The van der Waals surface area contributed by atoms with Gasteiger partial charge in [0, 0.05) is 5.02 Å². The number of nitrogens with zero attached hydrogens (tertiary/aromatic N) is 3. The molecule has 0 saturated carbocycles. The Hall–Kier alpha value is -2.37. The molecule has 3 rings (SSSR count). The van der Waals surface area contributed by atoms with Crippen LogP contribution >= 0.6 is 11.6 Å². The summed E-state index contributed by atoms with van der Waals surface area (Å²) in [5.74, 6) is -0.0947. The van der Waals surface area contributed by atoms with E-state index in [0.29, 0.717) is 21.6 Å². The minimum atomic E-state index is -1.66. The second kappa shape index (κ2) is 7.33.